The van der Waals surface area contributed by atoms with Crippen LogP contribution in [0.1, 0.15) is 54.8 Å². The van der Waals surface area contributed by atoms with Gasteiger partial charge in [-0.3, -0.25) is 9.69 Å². The fourth-order valence-corrected chi connectivity index (χ4v) is 5.25. The average Bonchev–Trinajstić information content (AvgIpc) is 2.92. The Hall–Kier alpha value is -2.45. The van der Waals surface area contributed by atoms with Crippen molar-refractivity contribution < 1.29 is 28.5 Å². The van der Waals surface area contributed by atoms with E-state index in [-0.39, 0.29) is 12.0 Å². The minimum atomic E-state index is -0.0970. The Kier molecular flexibility index (Phi) is 11.9. The molecule has 0 fully saturated rings. The second kappa shape index (κ2) is 15.1. The number of unbranched alkanes of at least 4 members (excludes halogenated alkanes) is 2. The summed E-state index contributed by atoms with van der Waals surface area (Å²) in [5, 5.41) is 0.919. The predicted octanol–water partition coefficient (Wildman–Crippen LogP) is 5.75. The first-order valence-corrected chi connectivity index (χ1v) is 14.1. The number of nitrogens with zero attached hydrogens (tertiary/aromatic N) is 1. The normalized spacial score (nSPS) is 15.1. The minimum Gasteiger partial charge on any atom is -0.493 e. The first-order chi connectivity index (χ1) is 18.0. The number of rotatable bonds is 15. The largest absolute Gasteiger partial charge is 0.493 e. The van der Waals surface area contributed by atoms with Crippen LogP contribution in [0.4, 0.5) is 0 Å². The molecule has 37 heavy (non-hydrogen) atoms. The Bertz CT molecular complexity index is 1010. The smallest absolute Gasteiger partial charge is 0.305 e. The SMILES string of the molecule is COc1ccc(C[C@@H]2c3cc(OC)c(OC)cc3CCN2CCCCOC(=O)CCCCBr)cc1OC. The third-order valence-corrected chi connectivity index (χ3v) is 7.42. The van der Waals surface area contributed by atoms with Crippen molar-refractivity contribution in [3.05, 3.63) is 47.0 Å². The fourth-order valence-electron chi connectivity index (χ4n) is 4.86. The van der Waals surface area contributed by atoms with Crippen molar-refractivity contribution in [2.75, 3.05) is 53.5 Å². The molecule has 0 bridgehead atoms. The van der Waals surface area contributed by atoms with Gasteiger partial charge in [0, 0.05) is 24.3 Å². The molecule has 2 aromatic carbocycles. The molecule has 1 aliphatic rings. The van der Waals surface area contributed by atoms with Crippen LogP contribution in [0.15, 0.2) is 30.3 Å². The van der Waals surface area contributed by atoms with Crippen molar-refractivity contribution in [1.82, 2.24) is 4.90 Å². The molecule has 3 rings (SSSR count). The molecule has 204 valence electrons. The van der Waals surface area contributed by atoms with Crippen LogP contribution in [0.2, 0.25) is 0 Å². The van der Waals surface area contributed by atoms with E-state index in [0.717, 1.165) is 79.9 Å². The number of carbonyl (C=O) groups is 1. The zero-order chi connectivity index (χ0) is 26.6. The van der Waals surface area contributed by atoms with Crippen molar-refractivity contribution in [2.45, 2.75) is 51.0 Å². The quantitative estimate of drug-likeness (QED) is 0.152. The van der Waals surface area contributed by atoms with E-state index in [4.69, 9.17) is 23.7 Å². The van der Waals surface area contributed by atoms with E-state index in [9.17, 15) is 4.79 Å². The third kappa shape index (κ3) is 8.01. The molecular formula is C29H40BrNO6. The van der Waals surface area contributed by atoms with E-state index in [2.05, 4.69) is 45.1 Å². The van der Waals surface area contributed by atoms with Gasteiger partial charge in [-0.05, 0) is 86.0 Å². The summed E-state index contributed by atoms with van der Waals surface area (Å²) >= 11 is 3.39. The van der Waals surface area contributed by atoms with Gasteiger partial charge in [0.2, 0.25) is 0 Å². The summed E-state index contributed by atoms with van der Waals surface area (Å²) in [6.45, 7) is 2.35. The highest BCUT2D eigenvalue weighted by molar-refractivity contribution is 9.09. The summed E-state index contributed by atoms with van der Waals surface area (Å²) in [4.78, 5) is 14.4. The van der Waals surface area contributed by atoms with Crippen LogP contribution in [0.25, 0.3) is 0 Å². The summed E-state index contributed by atoms with van der Waals surface area (Å²) in [5.74, 6) is 2.86. The van der Waals surface area contributed by atoms with Crippen molar-refractivity contribution >= 4 is 21.9 Å². The van der Waals surface area contributed by atoms with Crippen molar-refractivity contribution in [2.24, 2.45) is 0 Å². The molecule has 0 N–H and O–H groups in total. The van der Waals surface area contributed by atoms with E-state index in [0.29, 0.717) is 13.0 Å². The Balaban J connectivity index is 1.73. The number of alkyl halides is 1. The van der Waals surface area contributed by atoms with Gasteiger partial charge in [0.05, 0.1) is 35.0 Å². The standard InChI is InChI=1S/C29H40BrNO6/c1-33-25-11-10-21(18-26(25)34-2)17-24-23-20-28(36-4)27(35-3)19-22(23)12-15-31(24)14-7-8-16-37-29(32)9-5-6-13-30/h10-11,18-20,24H,5-9,12-17H2,1-4H3/t24-/m1/s1. The number of methoxy groups -OCH3 is 4. The summed E-state index contributed by atoms with van der Waals surface area (Å²) in [6.07, 6.45) is 5.93. The molecule has 0 saturated carbocycles. The van der Waals surface area contributed by atoms with Crippen molar-refractivity contribution in [3.8, 4) is 23.0 Å². The maximum atomic E-state index is 11.9. The number of esters is 1. The van der Waals surface area contributed by atoms with E-state index in [1.807, 2.05) is 6.07 Å². The summed E-state index contributed by atoms with van der Waals surface area (Å²) in [6, 6.07) is 10.5. The molecule has 0 spiro atoms. The van der Waals surface area contributed by atoms with Crippen LogP contribution in [0, 0.1) is 0 Å². The molecule has 8 heteroatoms. The Morgan fingerprint density at radius 3 is 2.30 bits per heavy atom. The Morgan fingerprint density at radius 1 is 0.892 bits per heavy atom. The average molecular weight is 579 g/mol. The summed E-state index contributed by atoms with van der Waals surface area (Å²) < 4.78 is 27.6. The van der Waals surface area contributed by atoms with Gasteiger partial charge >= 0.3 is 5.97 Å². The Morgan fingerprint density at radius 2 is 1.59 bits per heavy atom. The third-order valence-electron chi connectivity index (χ3n) is 6.86. The van der Waals surface area contributed by atoms with E-state index < -0.39 is 0 Å². The topological polar surface area (TPSA) is 66.5 Å². The number of hydrogen-bond acceptors (Lipinski definition) is 7. The molecule has 7 nitrogen and oxygen atoms in total. The zero-order valence-electron chi connectivity index (χ0n) is 22.5. The van der Waals surface area contributed by atoms with Crippen LogP contribution in [-0.2, 0) is 22.4 Å². The van der Waals surface area contributed by atoms with E-state index >= 15 is 0 Å². The van der Waals surface area contributed by atoms with Gasteiger partial charge in [-0.2, -0.15) is 0 Å². The van der Waals surface area contributed by atoms with Crippen LogP contribution in [0.3, 0.4) is 0 Å². The molecule has 0 unspecified atom stereocenters. The maximum absolute atomic E-state index is 11.9. The molecule has 1 atom stereocenters. The van der Waals surface area contributed by atoms with Gasteiger partial charge in [-0.25, -0.2) is 0 Å². The van der Waals surface area contributed by atoms with Gasteiger partial charge in [0.25, 0.3) is 0 Å². The highest BCUT2D eigenvalue weighted by Crippen LogP contribution is 2.40. The number of hydrogen-bond donors (Lipinski definition) is 0. The lowest BCUT2D eigenvalue weighted by atomic mass is 9.88. The summed E-state index contributed by atoms with van der Waals surface area (Å²) in [7, 11) is 6.66. The molecule has 2 aromatic rings. The highest BCUT2D eigenvalue weighted by Gasteiger charge is 2.29. The van der Waals surface area contributed by atoms with Crippen LogP contribution >= 0.6 is 15.9 Å². The molecular weight excluding hydrogens is 538 g/mol. The lowest BCUT2D eigenvalue weighted by Gasteiger charge is -2.38. The first-order valence-electron chi connectivity index (χ1n) is 13.0. The lowest BCUT2D eigenvalue weighted by molar-refractivity contribution is -0.143. The number of fused-ring (bicyclic) bond motifs is 1. The molecule has 0 aromatic heterocycles. The van der Waals surface area contributed by atoms with Crippen molar-refractivity contribution in [1.29, 1.82) is 0 Å². The molecule has 0 aliphatic carbocycles. The van der Waals surface area contributed by atoms with Crippen molar-refractivity contribution in [3.63, 3.8) is 0 Å². The molecule has 0 radical (unpaired) electrons. The first kappa shape index (κ1) is 29.1. The molecule has 1 aliphatic heterocycles. The highest BCUT2D eigenvalue weighted by atomic mass is 79.9. The van der Waals surface area contributed by atoms with Gasteiger partial charge in [0.15, 0.2) is 23.0 Å². The minimum absolute atomic E-state index is 0.0970. The van der Waals surface area contributed by atoms with Crippen LogP contribution < -0.4 is 18.9 Å². The number of ether oxygens (including phenoxy) is 5. The molecule has 0 saturated heterocycles. The van der Waals surface area contributed by atoms with Gasteiger partial charge in [0.1, 0.15) is 0 Å². The lowest BCUT2D eigenvalue weighted by Crippen LogP contribution is -2.37. The van der Waals surface area contributed by atoms with Crippen LogP contribution in [-0.4, -0.2) is 64.3 Å². The number of halogens is 1. The zero-order valence-corrected chi connectivity index (χ0v) is 24.1. The number of benzene rings is 2. The van der Waals surface area contributed by atoms with E-state index in [1.54, 1.807) is 28.4 Å². The molecule has 0 amide bonds. The Labute approximate surface area is 229 Å². The molecule has 1 heterocycles. The van der Waals surface area contributed by atoms with Gasteiger partial charge in [-0.15, -0.1) is 0 Å². The second-order valence-corrected chi connectivity index (χ2v) is 9.97. The predicted molar refractivity (Wildman–Crippen MR) is 149 cm³/mol. The fraction of sp³-hybridized carbons (Fsp3) is 0.552. The number of carbonyl (C=O) groups excluding carboxylic acids is 1. The van der Waals surface area contributed by atoms with Crippen LogP contribution in [0.5, 0.6) is 23.0 Å². The second-order valence-electron chi connectivity index (χ2n) is 9.17. The van der Waals surface area contributed by atoms with Gasteiger partial charge < -0.3 is 23.7 Å². The van der Waals surface area contributed by atoms with Gasteiger partial charge in [-0.1, -0.05) is 22.0 Å². The van der Waals surface area contributed by atoms with E-state index in [1.165, 1.54) is 16.7 Å². The maximum Gasteiger partial charge on any atom is 0.305 e. The monoisotopic (exact) mass is 577 g/mol. The summed E-state index contributed by atoms with van der Waals surface area (Å²) in [5.41, 5.74) is 3.72.